The van der Waals surface area contributed by atoms with Gasteiger partial charge in [-0.05, 0) is 19.1 Å². The van der Waals surface area contributed by atoms with Crippen LogP contribution in [-0.2, 0) is 33.4 Å². The molecule has 9 heteroatoms. The number of carbonyl (C=O) groups is 2. The van der Waals surface area contributed by atoms with E-state index in [1.165, 1.54) is 19.2 Å². The topological polar surface area (TPSA) is 108 Å². The number of aryl methyl sites for hydroxylation is 1. The van der Waals surface area contributed by atoms with Gasteiger partial charge >= 0.3 is 5.97 Å². The Balaban J connectivity index is 1.48. The van der Waals surface area contributed by atoms with Crippen molar-refractivity contribution >= 4 is 22.0 Å². The molecule has 2 unspecified atom stereocenters. The van der Waals surface area contributed by atoms with Crippen molar-refractivity contribution in [3.8, 4) is 0 Å². The molecule has 0 aromatic heterocycles. The van der Waals surface area contributed by atoms with Crippen LogP contribution in [0, 0.1) is 6.92 Å². The molecule has 3 rings (SSSR count). The minimum Gasteiger partial charge on any atom is -0.467 e. The molecule has 1 aliphatic carbocycles. The van der Waals surface area contributed by atoms with Crippen LogP contribution in [0.15, 0.2) is 29.2 Å². The average Bonchev–Trinajstić information content (AvgIpc) is 2.93. The number of esters is 1. The van der Waals surface area contributed by atoms with E-state index in [2.05, 4.69) is 10.1 Å². The Morgan fingerprint density at radius 1 is 1.12 bits per heavy atom. The van der Waals surface area contributed by atoms with Crippen molar-refractivity contribution in [3.05, 3.63) is 29.8 Å². The molecule has 1 saturated carbocycles. The zero-order valence-corrected chi connectivity index (χ0v) is 15.3. The Morgan fingerprint density at radius 2 is 1.77 bits per heavy atom. The van der Waals surface area contributed by atoms with E-state index in [-0.39, 0.29) is 23.3 Å². The largest absolute Gasteiger partial charge is 0.467 e. The fourth-order valence-corrected chi connectivity index (χ4v) is 4.03. The first-order valence-corrected chi connectivity index (χ1v) is 9.73. The molecular formula is C17H21NO7S. The van der Waals surface area contributed by atoms with Gasteiger partial charge in [0.25, 0.3) is 10.1 Å². The number of hydrogen-bond acceptors (Lipinski definition) is 7. The highest BCUT2D eigenvalue weighted by atomic mass is 32.2. The van der Waals surface area contributed by atoms with Crippen LogP contribution in [0.1, 0.15) is 24.8 Å². The molecule has 142 valence electrons. The van der Waals surface area contributed by atoms with E-state index >= 15 is 0 Å². The minimum atomic E-state index is -3.82. The quantitative estimate of drug-likeness (QED) is 0.568. The highest BCUT2D eigenvalue weighted by molar-refractivity contribution is 7.86. The highest BCUT2D eigenvalue weighted by Gasteiger charge is 2.42. The van der Waals surface area contributed by atoms with Gasteiger partial charge < -0.3 is 14.8 Å². The van der Waals surface area contributed by atoms with Crippen molar-refractivity contribution in [2.24, 2.45) is 0 Å². The first-order chi connectivity index (χ1) is 12.3. The first kappa shape index (κ1) is 18.8. The smallest absolute Gasteiger partial charge is 0.328 e. The first-order valence-electron chi connectivity index (χ1n) is 8.32. The molecule has 0 radical (unpaired) electrons. The van der Waals surface area contributed by atoms with Crippen LogP contribution in [-0.4, -0.2) is 51.8 Å². The molecule has 8 nitrogen and oxygen atoms in total. The van der Waals surface area contributed by atoms with Crippen LogP contribution >= 0.6 is 0 Å². The summed E-state index contributed by atoms with van der Waals surface area (Å²) >= 11 is 0. The molecule has 1 heterocycles. The van der Waals surface area contributed by atoms with Crippen LogP contribution in [0.2, 0.25) is 0 Å². The van der Waals surface area contributed by atoms with Crippen molar-refractivity contribution in [2.45, 2.75) is 55.4 Å². The van der Waals surface area contributed by atoms with Gasteiger partial charge in [-0.25, -0.2) is 4.79 Å². The Morgan fingerprint density at radius 3 is 2.38 bits per heavy atom. The molecule has 1 amide bonds. The summed E-state index contributed by atoms with van der Waals surface area (Å²) < 4.78 is 39.9. The summed E-state index contributed by atoms with van der Waals surface area (Å²) in [5.41, 5.74) is 0.959. The summed E-state index contributed by atoms with van der Waals surface area (Å²) in [6.45, 7) is 1.87. The van der Waals surface area contributed by atoms with E-state index < -0.39 is 34.3 Å². The molecule has 2 fully saturated rings. The van der Waals surface area contributed by atoms with Gasteiger partial charge in [-0.2, -0.15) is 8.42 Å². The summed E-state index contributed by atoms with van der Waals surface area (Å²) in [5, 5.41) is 2.52. The fraction of sp³-hybridized carbons (Fsp3) is 0.529. The lowest BCUT2D eigenvalue weighted by Gasteiger charge is -2.35. The van der Waals surface area contributed by atoms with Crippen LogP contribution in [0.3, 0.4) is 0 Å². The molecule has 0 spiro atoms. The molecular weight excluding hydrogens is 362 g/mol. The second-order valence-corrected chi connectivity index (χ2v) is 8.10. The third-order valence-electron chi connectivity index (χ3n) is 4.53. The summed E-state index contributed by atoms with van der Waals surface area (Å²) in [6.07, 6.45) is -0.545. The number of benzene rings is 1. The van der Waals surface area contributed by atoms with Gasteiger partial charge in [-0.15, -0.1) is 0 Å². The summed E-state index contributed by atoms with van der Waals surface area (Å²) in [4.78, 5) is 23.4. The normalized spacial score (nSPS) is 28.3. The third-order valence-corrected chi connectivity index (χ3v) is 5.90. The molecule has 2 aliphatic rings. The predicted octanol–water partition coefficient (Wildman–Crippen LogP) is 0.678. The molecule has 26 heavy (non-hydrogen) atoms. The van der Waals surface area contributed by atoms with Gasteiger partial charge in [-0.1, -0.05) is 17.7 Å². The summed E-state index contributed by atoms with van der Waals surface area (Å²) in [7, 11) is -2.56. The van der Waals surface area contributed by atoms with Crippen molar-refractivity contribution in [1.82, 2.24) is 5.32 Å². The van der Waals surface area contributed by atoms with Crippen molar-refractivity contribution in [2.75, 3.05) is 7.11 Å². The molecule has 1 N–H and O–H groups in total. The van der Waals surface area contributed by atoms with E-state index in [1.54, 1.807) is 12.1 Å². The van der Waals surface area contributed by atoms with Crippen LogP contribution < -0.4 is 5.32 Å². The van der Waals surface area contributed by atoms with Gasteiger partial charge in [0.1, 0.15) is 12.1 Å². The SMILES string of the molecule is COC(=O)C1CC(OC2CC(OS(=O)(=O)c3ccc(C)cc3)C2)C(=O)N1. The van der Waals surface area contributed by atoms with Crippen LogP contribution in [0.4, 0.5) is 0 Å². The Hall–Kier alpha value is -1.97. The van der Waals surface area contributed by atoms with E-state index in [0.29, 0.717) is 12.8 Å². The van der Waals surface area contributed by atoms with Crippen molar-refractivity contribution in [1.29, 1.82) is 0 Å². The zero-order valence-electron chi connectivity index (χ0n) is 14.5. The number of rotatable bonds is 6. The third kappa shape index (κ3) is 4.05. The van der Waals surface area contributed by atoms with E-state index in [9.17, 15) is 18.0 Å². The number of amides is 1. The van der Waals surface area contributed by atoms with Crippen LogP contribution in [0.5, 0.6) is 0 Å². The number of hydrogen-bond donors (Lipinski definition) is 1. The Labute approximate surface area is 151 Å². The number of ether oxygens (including phenoxy) is 2. The second kappa shape index (κ2) is 7.34. The van der Waals surface area contributed by atoms with Gasteiger partial charge in [0, 0.05) is 19.3 Å². The van der Waals surface area contributed by atoms with Gasteiger partial charge in [-0.3, -0.25) is 8.98 Å². The van der Waals surface area contributed by atoms with Gasteiger partial charge in [0.15, 0.2) is 0 Å². The lowest BCUT2D eigenvalue weighted by Crippen LogP contribution is -2.42. The zero-order chi connectivity index (χ0) is 18.9. The summed E-state index contributed by atoms with van der Waals surface area (Å²) in [5.74, 6) is -0.875. The number of methoxy groups -OCH3 is 1. The molecule has 0 bridgehead atoms. The maximum absolute atomic E-state index is 12.2. The Kier molecular flexibility index (Phi) is 5.31. The van der Waals surface area contributed by atoms with Gasteiger partial charge in [0.05, 0.1) is 24.2 Å². The van der Waals surface area contributed by atoms with Gasteiger partial charge in [0.2, 0.25) is 5.91 Å². The Bertz CT molecular complexity index is 784. The average molecular weight is 383 g/mol. The lowest BCUT2D eigenvalue weighted by atomic mass is 9.92. The maximum atomic E-state index is 12.2. The fourth-order valence-electron chi connectivity index (χ4n) is 2.94. The minimum absolute atomic E-state index is 0.114. The molecule has 1 aromatic carbocycles. The number of nitrogens with one attached hydrogen (secondary N) is 1. The van der Waals surface area contributed by atoms with E-state index in [0.717, 1.165) is 5.56 Å². The second-order valence-electron chi connectivity index (χ2n) is 6.52. The lowest BCUT2D eigenvalue weighted by molar-refractivity contribution is -0.143. The standard InChI is InChI=1S/C17H21NO7S/c1-10-3-5-13(6-4-10)26(21,22)25-12-7-11(8-12)24-15-9-14(17(20)23-2)18-16(15)19/h3-6,11-12,14-15H,7-9H2,1-2H3,(H,18,19). The van der Waals surface area contributed by atoms with Crippen molar-refractivity contribution in [3.63, 3.8) is 0 Å². The van der Waals surface area contributed by atoms with E-state index in [1.807, 2.05) is 6.92 Å². The van der Waals surface area contributed by atoms with E-state index in [4.69, 9.17) is 8.92 Å². The molecule has 1 saturated heterocycles. The van der Waals surface area contributed by atoms with Crippen molar-refractivity contribution < 1.29 is 31.7 Å². The monoisotopic (exact) mass is 383 g/mol. The highest BCUT2D eigenvalue weighted by Crippen LogP contribution is 2.31. The predicted molar refractivity (Wildman–Crippen MR) is 89.7 cm³/mol. The molecule has 1 aromatic rings. The number of carbonyl (C=O) groups excluding carboxylic acids is 2. The summed E-state index contributed by atoms with van der Waals surface area (Å²) in [6, 6.07) is 5.73. The molecule has 2 atom stereocenters. The molecule has 1 aliphatic heterocycles. The van der Waals surface area contributed by atoms with Crippen LogP contribution in [0.25, 0.3) is 0 Å². The maximum Gasteiger partial charge on any atom is 0.328 e.